The number of nitrogens with zero attached hydrogens (tertiary/aromatic N) is 2. The average Bonchev–Trinajstić information content (AvgIpc) is 2.91. The van der Waals surface area contributed by atoms with Crippen molar-refractivity contribution in [1.82, 2.24) is 9.80 Å². The summed E-state index contributed by atoms with van der Waals surface area (Å²) in [6, 6.07) is 3.51. The van der Waals surface area contributed by atoms with Gasteiger partial charge in [-0.05, 0) is 39.8 Å². The largest absolute Gasteiger partial charge is 0.468 e. The van der Waals surface area contributed by atoms with E-state index in [1.807, 2.05) is 32.9 Å². The number of amides is 1. The van der Waals surface area contributed by atoms with Gasteiger partial charge in [0.1, 0.15) is 11.4 Å². The number of ether oxygens (including phenoxy) is 1. The van der Waals surface area contributed by atoms with E-state index in [-0.39, 0.29) is 12.1 Å². The van der Waals surface area contributed by atoms with Crippen molar-refractivity contribution in [3.05, 3.63) is 24.2 Å². The van der Waals surface area contributed by atoms with Gasteiger partial charge in [0.15, 0.2) is 0 Å². The van der Waals surface area contributed by atoms with E-state index in [9.17, 15) is 9.90 Å². The number of hydrogen-bond donors (Lipinski definition) is 1. The Labute approximate surface area is 131 Å². The highest BCUT2D eigenvalue weighted by Crippen LogP contribution is 2.26. The highest BCUT2D eigenvalue weighted by molar-refractivity contribution is 5.68. The molecule has 0 saturated carbocycles. The van der Waals surface area contributed by atoms with Crippen molar-refractivity contribution < 1.29 is 19.1 Å². The standard InChI is InChI=1S/C16H26N2O4/c1-12(19)14(13-6-5-11-21-13)17-7-9-18(10-8-17)15(20)22-16(2,3)4/h5-6,11-12,14,19H,7-10H2,1-4H3/t12-,14?/m0/s1. The molecule has 1 aromatic heterocycles. The van der Waals surface area contributed by atoms with Gasteiger partial charge in [-0.3, -0.25) is 4.90 Å². The van der Waals surface area contributed by atoms with Gasteiger partial charge < -0.3 is 19.2 Å². The van der Waals surface area contributed by atoms with Crippen LogP contribution in [0.15, 0.2) is 22.8 Å². The van der Waals surface area contributed by atoms with Crippen LogP contribution in [-0.2, 0) is 4.74 Å². The zero-order valence-electron chi connectivity index (χ0n) is 13.8. The second-order valence-corrected chi connectivity index (χ2v) is 6.70. The van der Waals surface area contributed by atoms with Crippen LogP contribution in [0.5, 0.6) is 0 Å². The van der Waals surface area contributed by atoms with Crippen LogP contribution in [0, 0.1) is 0 Å². The predicted octanol–water partition coefficient (Wildman–Crippen LogP) is 2.25. The molecule has 0 radical (unpaired) electrons. The van der Waals surface area contributed by atoms with Crippen LogP contribution < -0.4 is 0 Å². The van der Waals surface area contributed by atoms with Gasteiger partial charge in [-0.25, -0.2) is 4.79 Å². The number of carbonyl (C=O) groups is 1. The Kier molecular flexibility index (Phi) is 5.13. The van der Waals surface area contributed by atoms with Crippen molar-refractivity contribution >= 4 is 6.09 Å². The van der Waals surface area contributed by atoms with Crippen LogP contribution >= 0.6 is 0 Å². The maximum atomic E-state index is 12.1. The Morgan fingerprint density at radius 2 is 1.95 bits per heavy atom. The number of piperazine rings is 1. The first-order valence-corrected chi connectivity index (χ1v) is 7.71. The molecule has 1 aromatic rings. The van der Waals surface area contributed by atoms with Crippen LogP contribution in [0.1, 0.15) is 39.5 Å². The fourth-order valence-electron chi connectivity index (χ4n) is 2.69. The molecule has 22 heavy (non-hydrogen) atoms. The van der Waals surface area contributed by atoms with E-state index in [0.29, 0.717) is 26.2 Å². The van der Waals surface area contributed by atoms with Crippen molar-refractivity contribution in [1.29, 1.82) is 0 Å². The van der Waals surface area contributed by atoms with Gasteiger partial charge in [-0.1, -0.05) is 0 Å². The summed E-state index contributed by atoms with van der Waals surface area (Å²) in [6.07, 6.45) is 0.791. The minimum absolute atomic E-state index is 0.184. The molecule has 2 rings (SSSR count). The number of hydrogen-bond acceptors (Lipinski definition) is 5. The van der Waals surface area contributed by atoms with E-state index in [2.05, 4.69) is 4.90 Å². The van der Waals surface area contributed by atoms with Gasteiger partial charge in [0.05, 0.1) is 18.4 Å². The molecule has 1 N–H and O–H groups in total. The third-order valence-electron chi connectivity index (χ3n) is 3.65. The van der Waals surface area contributed by atoms with Gasteiger partial charge in [0.25, 0.3) is 0 Å². The molecule has 1 fully saturated rings. The molecule has 0 spiro atoms. The summed E-state index contributed by atoms with van der Waals surface area (Å²) in [5.74, 6) is 0.751. The maximum Gasteiger partial charge on any atom is 0.410 e. The minimum Gasteiger partial charge on any atom is -0.468 e. The summed E-state index contributed by atoms with van der Waals surface area (Å²) >= 11 is 0. The summed E-state index contributed by atoms with van der Waals surface area (Å²) in [7, 11) is 0. The van der Waals surface area contributed by atoms with Crippen LogP contribution in [0.2, 0.25) is 0 Å². The van der Waals surface area contributed by atoms with Crippen LogP contribution in [0.25, 0.3) is 0 Å². The van der Waals surface area contributed by atoms with E-state index in [1.54, 1.807) is 18.1 Å². The second kappa shape index (κ2) is 6.71. The van der Waals surface area contributed by atoms with Gasteiger partial charge in [-0.2, -0.15) is 0 Å². The molecule has 124 valence electrons. The lowest BCUT2D eigenvalue weighted by Crippen LogP contribution is -2.52. The Morgan fingerprint density at radius 1 is 1.32 bits per heavy atom. The fraction of sp³-hybridized carbons (Fsp3) is 0.688. The SMILES string of the molecule is C[C@H](O)C(c1ccco1)N1CCN(C(=O)OC(C)(C)C)CC1. The van der Waals surface area contributed by atoms with Gasteiger partial charge in [0.2, 0.25) is 0 Å². The normalized spacial score (nSPS) is 19.8. The molecule has 0 aromatic carbocycles. The summed E-state index contributed by atoms with van der Waals surface area (Å²) in [4.78, 5) is 15.9. The lowest BCUT2D eigenvalue weighted by molar-refractivity contribution is -0.00636. The van der Waals surface area contributed by atoms with Crippen molar-refractivity contribution in [2.75, 3.05) is 26.2 Å². The fourth-order valence-corrected chi connectivity index (χ4v) is 2.69. The van der Waals surface area contributed by atoms with Crippen molar-refractivity contribution in [3.8, 4) is 0 Å². The molecule has 1 aliphatic heterocycles. The Bertz CT molecular complexity index is 471. The molecule has 0 bridgehead atoms. The second-order valence-electron chi connectivity index (χ2n) is 6.70. The van der Waals surface area contributed by atoms with E-state index in [4.69, 9.17) is 9.15 Å². The lowest BCUT2D eigenvalue weighted by atomic mass is 10.1. The minimum atomic E-state index is -0.542. The quantitative estimate of drug-likeness (QED) is 0.927. The van der Waals surface area contributed by atoms with Gasteiger partial charge >= 0.3 is 6.09 Å². The highest BCUT2D eigenvalue weighted by Gasteiger charge is 2.32. The number of aliphatic hydroxyl groups excluding tert-OH is 1. The van der Waals surface area contributed by atoms with Crippen molar-refractivity contribution in [3.63, 3.8) is 0 Å². The molecule has 0 aliphatic carbocycles. The van der Waals surface area contributed by atoms with E-state index < -0.39 is 11.7 Å². The van der Waals surface area contributed by atoms with Gasteiger partial charge in [0, 0.05) is 26.2 Å². The van der Waals surface area contributed by atoms with Crippen molar-refractivity contribution in [2.24, 2.45) is 0 Å². The Hall–Kier alpha value is -1.53. The Balaban J connectivity index is 1.95. The maximum absolute atomic E-state index is 12.1. The summed E-state index contributed by atoms with van der Waals surface area (Å²) in [6.45, 7) is 9.86. The molecule has 2 atom stereocenters. The molecule has 6 nitrogen and oxygen atoms in total. The molecule has 6 heteroatoms. The predicted molar refractivity (Wildman–Crippen MR) is 82.5 cm³/mol. The molecule has 1 amide bonds. The summed E-state index contributed by atoms with van der Waals surface area (Å²) < 4.78 is 10.8. The lowest BCUT2D eigenvalue weighted by Gasteiger charge is -2.39. The summed E-state index contributed by atoms with van der Waals surface area (Å²) in [5, 5.41) is 10.1. The number of aliphatic hydroxyl groups is 1. The van der Waals surface area contributed by atoms with E-state index >= 15 is 0 Å². The third-order valence-corrected chi connectivity index (χ3v) is 3.65. The van der Waals surface area contributed by atoms with E-state index in [0.717, 1.165) is 5.76 Å². The first kappa shape index (κ1) is 16.8. The number of rotatable bonds is 3. The number of furan rings is 1. The zero-order valence-corrected chi connectivity index (χ0v) is 13.8. The molecule has 2 heterocycles. The van der Waals surface area contributed by atoms with Crippen LogP contribution in [-0.4, -0.2) is 58.9 Å². The van der Waals surface area contributed by atoms with Crippen LogP contribution in [0.3, 0.4) is 0 Å². The zero-order chi connectivity index (χ0) is 16.3. The van der Waals surface area contributed by atoms with Gasteiger partial charge in [-0.15, -0.1) is 0 Å². The molecular weight excluding hydrogens is 284 g/mol. The molecule has 1 saturated heterocycles. The van der Waals surface area contributed by atoms with Crippen molar-refractivity contribution in [2.45, 2.75) is 45.4 Å². The highest BCUT2D eigenvalue weighted by atomic mass is 16.6. The Morgan fingerprint density at radius 3 is 2.41 bits per heavy atom. The first-order valence-electron chi connectivity index (χ1n) is 7.71. The van der Waals surface area contributed by atoms with Crippen LogP contribution in [0.4, 0.5) is 4.79 Å². The third kappa shape index (κ3) is 4.24. The monoisotopic (exact) mass is 310 g/mol. The van der Waals surface area contributed by atoms with E-state index in [1.165, 1.54) is 0 Å². The summed E-state index contributed by atoms with van der Waals surface area (Å²) in [5.41, 5.74) is -0.482. The molecular formula is C16H26N2O4. The average molecular weight is 310 g/mol. The first-order chi connectivity index (χ1) is 10.3. The smallest absolute Gasteiger partial charge is 0.410 e. The topological polar surface area (TPSA) is 66.2 Å². The number of carbonyl (C=O) groups excluding carboxylic acids is 1. The molecule has 1 unspecified atom stereocenters. The molecule has 1 aliphatic rings.